The maximum atomic E-state index is 13.0. The summed E-state index contributed by atoms with van der Waals surface area (Å²) in [6.45, 7) is -1.10. The molecule has 0 saturated heterocycles. The zero-order valence-corrected chi connectivity index (χ0v) is 17.2. The molecule has 3 aromatic carbocycles. The van der Waals surface area contributed by atoms with Gasteiger partial charge in [0.15, 0.2) is 6.10 Å². The van der Waals surface area contributed by atoms with E-state index in [-0.39, 0.29) is 12.1 Å². The van der Waals surface area contributed by atoms with E-state index in [9.17, 15) is 31.4 Å². The van der Waals surface area contributed by atoms with E-state index in [1.54, 1.807) is 12.1 Å². The van der Waals surface area contributed by atoms with Crippen LogP contribution in [0.1, 0.15) is 22.3 Å². The average molecular weight is 463 g/mol. The Kier molecular flexibility index (Phi) is 7.34. The average Bonchev–Trinajstić information content (AvgIpc) is 2.77. The third kappa shape index (κ3) is 7.02. The number of anilines is 1. The van der Waals surface area contributed by atoms with Gasteiger partial charge in [-0.25, -0.2) is 0 Å². The predicted molar refractivity (Wildman–Crippen MR) is 113 cm³/mol. The summed E-state index contributed by atoms with van der Waals surface area (Å²) in [7, 11) is 0. The first-order chi connectivity index (χ1) is 15.5. The fourth-order valence-corrected chi connectivity index (χ4v) is 3.06. The predicted octanol–water partition coefficient (Wildman–Crippen LogP) is 6.04. The van der Waals surface area contributed by atoms with Crippen molar-refractivity contribution in [3.8, 4) is 11.8 Å². The van der Waals surface area contributed by atoms with Gasteiger partial charge in [0.1, 0.15) is 0 Å². The second kappa shape index (κ2) is 10.0. The second-order valence-electron chi connectivity index (χ2n) is 7.30. The number of benzene rings is 3. The van der Waals surface area contributed by atoms with Crippen molar-refractivity contribution in [3.05, 3.63) is 101 Å². The summed E-state index contributed by atoms with van der Waals surface area (Å²) < 4.78 is 78.0. The van der Waals surface area contributed by atoms with Gasteiger partial charge < -0.3 is 10.0 Å². The van der Waals surface area contributed by atoms with Gasteiger partial charge in [0.25, 0.3) is 0 Å². The first-order valence-electron chi connectivity index (χ1n) is 9.85. The summed E-state index contributed by atoms with van der Waals surface area (Å²) in [5, 5.41) is 9.58. The van der Waals surface area contributed by atoms with Crippen LogP contribution in [0.3, 0.4) is 0 Å². The van der Waals surface area contributed by atoms with Gasteiger partial charge in [0.2, 0.25) is 0 Å². The van der Waals surface area contributed by atoms with Crippen molar-refractivity contribution in [3.63, 3.8) is 0 Å². The Bertz CT molecular complexity index is 1110. The number of hydrogen-bond acceptors (Lipinski definition) is 2. The summed E-state index contributed by atoms with van der Waals surface area (Å²) in [6, 6.07) is 19.8. The molecule has 0 aliphatic carbocycles. The van der Waals surface area contributed by atoms with Crippen LogP contribution in [0.4, 0.5) is 32.0 Å². The summed E-state index contributed by atoms with van der Waals surface area (Å²) in [4.78, 5) is 1.18. The van der Waals surface area contributed by atoms with Crippen molar-refractivity contribution in [2.75, 3.05) is 11.4 Å². The first kappa shape index (κ1) is 24.2. The van der Waals surface area contributed by atoms with Crippen LogP contribution in [-0.4, -0.2) is 23.9 Å². The number of nitrogens with zero attached hydrogens (tertiary/aromatic N) is 1. The Hall–Kier alpha value is -3.44. The lowest BCUT2D eigenvalue weighted by molar-refractivity contribution is -0.200. The van der Waals surface area contributed by atoms with Crippen molar-refractivity contribution in [2.45, 2.75) is 25.0 Å². The fourth-order valence-electron chi connectivity index (χ4n) is 3.06. The zero-order chi connectivity index (χ0) is 24.1. The Balaban J connectivity index is 1.86. The smallest absolute Gasteiger partial charge is 0.382 e. The lowest BCUT2D eigenvalue weighted by Crippen LogP contribution is -2.40. The molecular weight excluding hydrogens is 444 g/mol. The molecule has 2 nitrogen and oxygen atoms in total. The van der Waals surface area contributed by atoms with E-state index < -0.39 is 30.6 Å². The highest BCUT2D eigenvalue weighted by Gasteiger charge is 2.39. The Morgan fingerprint density at radius 1 is 0.758 bits per heavy atom. The molecule has 0 aliphatic heterocycles. The third-order valence-electron chi connectivity index (χ3n) is 4.76. The minimum atomic E-state index is -4.87. The van der Waals surface area contributed by atoms with Gasteiger partial charge in [0.05, 0.1) is 12.1 Å². The lowest BCUT2D eigenvalue weighted by Gasteiger charge is -2.28. The van der Waals surface area contributed by atoms with E-state index in [0.29, 0.717) is 11.3 Å². The molecule has 0 radical (unpaired) electrons. The van der Waals surface area contributed by atoms with Crippen molar-refractivity contribution in [1.82, 2.24) is 0 Å². The highest BCUT2D eigenvalue weighted by Crippen LogP contribution is 2.30. The minimum absolute atomic E-state index is 0.159. The molecule has 0 aliphatic rings. The van der Waals surface area contributed by atoms with Gasteiger partial charge in [-0.05, 0) is 54.1 Å². The molecule has 0 saturated carbocycles. The number of hydrogen-bond donors (Lipinski definition) is 1. The third-order valence-corrected chi connectivity index (χ3v) is 4.76. The zero-order valence-electron chi connectivity index (χ0n) is 17.2. The number of halogens is 6. The van der Waals surface area contributed by atoms with Crippen LogP contribution >= 0.6 is 0 Å². The van der Waals surface area contributed by atoms with Crippen LogP contribution in [0.15, 0.2) is 78.9 Å². The quantitative estimate of drug-likeness (QED) is 0.369. The maximum Gasteiger partial charge on any atom is 0.416 e. The van der Waals surface area contributed by atoms with E-state index in [1.165, 1.54) is 29.2 Å². The van der Waals surface area contributed by atoms with Crippen LogP contribution in [0.2, 0.25) is 0 Å². The Labute approximate surface area is 187 Å². The molecule has 0 heterocycles. The van der Waals surface area contributed by atoms with E-state index in [0.717, 1.165) is 17.7 Å². The second-order valence-corrected chi connectivity index (χ2v) is 7.30. The minimum Gasteiger partial charge on any atom is -0.382 e. The van der Waals surface area contributed by atoms with Crippen molar-refractivity contribution in [1.29, 1.82) is 0 Å². The lowest BCUT2D eigenvalue weighted by atomic mass is 10.1. The molecule has 0 fully saturated rings. The molecule has 0 bridgehead atoms. The van der Waals surface area contributed by atoms with Gasteiger partial charge in [-0.1, -0.05) is 42.2 Å². The van der Waals surface area contributed by atoms with Gasteiger partial charge in [-0.2, -0.15) is 26.3 Å². The van der Waals surface area contributed by atoms with E-state index in [4.69, 9.17) is 0 Å². The van der Waals surface area contributed by atoms with E-state index in [1.807, 2.05) is 30.3 Å². The molecule has 1 unspecified atom stereocenters. The van der Waals surface area contributed by atoms with E-state index in [2.05, 4.69) is 11.8 Å². The number of aliphatic hydroxyl groups excluding tert-OH is 1. The molecule has 0 aromatic heterocycles. The van der Waals surface area contributed by atoms with Gasteiger partial charge >= 0.3 is 12.4 Å². The van der Waals surface area contributed by atoms with Crippen LogP contribution in [0.25, 0.3) is 0 Å². The molecule has 172 valence electrons. The highest BCUT2D eigenvalue weighted by atomic mass is 19.4. The summed E-state index contributed by atoms with van der Waals surface area (Å²) >= 11 is 0. The van der Waals surface area contributed by atoms with Crippen molar-refractivity contribution in [2.24, 2.45) is 0 Å². The SMILES string of the molecule is OC(CN(Cc1cccc(C(F)(F)F)c1)c1ccc(C#Cc2ccccc2)cc1)C(F)(F)F. The topological polar surface area (TPSA) is 23.5 Å². The molecule has 1 atom stereocenters. The van der Waals surface area contributed by atoms with Crippen LogP contribution in [0.5, 0.6) is 0 Å². The number of alkyl halides is 6. The molecule has 0 amide bonds. The first-order valence-corrected chi connectivity index (χ1v) is 9.85. The molecule has 0 spiro atoms. The molecular formula is C25H19F6NO. The van der Waals surface area contributed by atoms with Crippen LogP contribution in [-0.2, 0) is 12.7 Å². The normalized spacial score (nSPS) is 12.6. The Morgan fingerprint density at radius 3 is 1.94 bits per heavy atom. The highest BCUT2D eigenvalue weighted by molar-refractivity contribution is 5.52. The van der Waals surface area contributed by atoms with Gasteiger partial charge in [-0.15, -0.1) is 0 Å². The largest absolute Gasteiger partial charge is 0.416 e. The van der Waals surface area contributed by atoms with Crippen LogP contribution in [0, 0.1) is 11.8 Å². The molecule has 8 heteroatoms. The Morgan fingerprint density at radius 2 is 1.36 bits per heavy atom. The molecule has 3 rings (SSSR count). The summed E-state index contributed by atoms with van der Waals surface area (Å²) in [6.07, 6.45) is -12.1. The standard InChI is InChI=1S/C25H19F6NO/c26-24(27,28)21-8-4-7-20(15-21)16-32(17-23(33)25(29,30)31)22-13-11-19(12-14-22)10-9-18-5-2-1-3-6-18/h1-8,11-15,23,33H,16-17H2. The molecule has 3 aromatic rings. The fraction of sp³-hybridized carbons (Fsp3) is 0.200. The summed E-state index contributed by atoms with van der Waals surface area (Å²) in [5.74, 6) is 5.91. The molecule has 33 heavy (non-hydrogen) atoms. The van der Waals surface area contributed by atoms with Crippen LogP contribution < -0.4 is 4.90 Å². The summed E-state index contributed by atoms with van der Waals surface area (Å²) in [5.41, 5.74) is 0.968. The van der Waals surface area contributed by atoms with Gasteiger partial charge in [-0.3, -0.25) is 0 Å². The number of aliphatic hydroxyl groups is 1. The van der Waals surface area contributed by atoms with E-state index >= 15 is 0 Å². The maximum absolute atomic E-state index is 13.0. The molecule has 1 N–H and O–H groups in total. The monoisotopic (exact) mass is 463 g/mol. The number of rotatable bonds is 5. The van der Waals surface area contributed by atoms with Gasteiger partial charge in [0, 0.05) is 23.4 Å². The van der Waals surface area contributed by atoms with Crippen molar-refractivity contribution >= 4 is 5.69 Å². The van der Waals surface area contributed by atoms with Crippen molar-refractivity contribution < 1.29 is 31.4 Å².